The number of nitrogens with zero attached hydrogens (tertiary/aromatic N) is 1. The first-order chi connectivity index (χ1) is 23.8. The van der Waals surface area contributed by atoms with Gasteiger partial charge in [0.25, 0.3) is 0 Å². The fraction of sp³-hybridized carbons (Fsp3) is 0.378. The fourth-order valence-corrected chi connectivity index (χ4v) is 7.84. The highest BCUT2D eigenvalue weighted by Gasteiger charge is 2.38. The molecule has 266 valence electrons. The van der Waals surface area contributed by atoms with Gasteiger partial charge in [-0.25, -0.2) is 14.6 Å². The van der Waals surface area contributed by atoms with E-state index in [0.29, 0.717) is 56.6 Å². The van der Waals surface area contributed by atoms with Crippen molar-refractivity contribution in [2.24, 2.45) is 5.92 Å². The minimum atomic E-state index is -0.734. The number of carbonyl (C=O) groups excluding carboxylic acids is 2. The molecule has 0 aliphatic carbocycles. The van der Waals surface area contributed by atoms with Gasteiger partial charge in [-0.3, -0.25) is 10.2 Å². The average Bonchev–Trinajstić information content (AvgIpc) is 3.60. The van der Waals surface area contributed by atoms with Crippen LogP contribution in [0.5, 0.6) is 11.5 Å². The van der Waals surface area contributed by atoms with Gasteiger partial charge in [-0.2, -0.15) is 0 Å². The molecule has 3 atom stereocenters. The number of hydrogen-bond donors (Lipinski definition) is 1. The standard InChI is InChI=1S/C37H39Cl2N3O6S.H2O/c1-3-46-32-17-25(9-11-30(32)45-2)31(18-27-28(38)20-40-21-29(27)39)47-36(43)34-12-10-26(49-34)19-41-35(24-7-5-4-6-8-24)37(44)48-33-22-42-15-13-23(33)14-16-42;/h4-12,17,20-21,23,31,33,35,41H,3,13-16,18-19,22H2,1-2H3;1H2/t31?,33-,35?;/m0./s1. The van der Waals surface area contributed by atoms with Gasteiger partial charge in [-0.05, 0) is 74.2 Å². The Hall–Kier alpha value is -3.71. The van der Waals surface area contributed by atoms with Gasteiger partial charge in [-0.15, -0.1) is 11.3 Å². The summed E-state index contributed by atoms with van der Waals surface area (Å²) in [5.74, 6) is 0.734. The fourth-order valence-electron chi connectivity index (χ4n) is 6.46. The van der Waals surface area contributed by atoms with Gasteiger partial charge in [0.15, 0.2) is 23.9 Å². The normalized spacial score (nSPS) is 19.2. The molecule has 3 N–H and O–H groups in total. The third kappa shape index (κ3) is 8.95. The Kier molecular flexibility index (Phi) is 13.1. The van der Waals surface area contributed by atoms with E-state index in [4.69, 9.17) is 42.1 Å². The zero-order valence-corrected chi connectivity index (χ0v) is 30.2. The van der Waals surface area contributed by atoms with E-state index < -0.39 is 18.1 Å². The number of H-pyrrole nitrogens is 1. The number of aromatic nitrogens is 1. The number of esters is 2. The van der Waals surface area contributed by atoms with Crippen LogP contribution >= 0.6 is 34.5 Å². The molecule has 2 aromatic heterocycles. The zero-order chi connectivity index (χ0) is 34.3. The Labute approximate surface area is 305 Å². The van der Waals surface area contributed by atoms with E-state index in [0.717, 1.165) is 42.9 Å². The van der Waals surface area contributed by atoms with Crippen LogP contribution in [-0.4, -0.2) is 61.8 Å². The lowest BCUT2D eigenvalue weighted by Crippen LogP contribution is -2.52. The van der Waals surface area contributed by atoms with Crippen molar-refractivity contribution in [2.75, 3.05) is 33.4 Å². The number of thiophene rings is 1. The molecule has 0 spiro atoms. The van der Waals surface area contributed by atoms with Gasteiger partial charge < -0.3 is 24.4 Å². The molecule has 0 saturated carbocycles. The second-order valence-electron chi connectivity index (χ2n) is 12.2. The maximum atomic E-state index is 13.6. The molecule has 3 saturated heterocycles. The molecule has 0 radical (unpaired) electrons. The smallest absolute Gasteiger partial charge is 0.348 e. The molecule has 3 fully saturated rings. The Morgan fingerprint density at radius 3 is 2.40 bits per heavy atom. The summed E-state index contributed by atoms with van der Waals surface area (Å²) >= 11 is 14.3. The van der Waals surface area contributed by atoms with Gasteiger partial charge in [-0.1, -0.05) is 59.6 Å². The summed E-state index contributed by atoms with van der Waals surface area (Å²) in [6.07, 6.45) is 4.80. The van der Waals surface area contributed by atoms with E-state index >= 15 is 0 Å². The van der Waals surface area contributed by atoms with Gasteiger partial charge in [0.2, 0.25) is 0 Å². The molecular formula is C37H41Cl2N3O7S. The van der Waals surface area contributed by atoms with E-state index in [1.54, 1.807) is 37.7 Å². The SMILES string of the molecule is CCOc1cc(C(Cc2c(Cl)c[nH+]cc2Cl)OC(=O)c2ccc(CNC(C(=O)O[C@H]3CN4CCC3CC4)c3ccccc3)s2)ccc1OC.[OH-]. The van der Waals surface area contributed by atoms with Crippen molar-refractivity contribution in [2.45, 2.75) is 51.0 Å². The molecule has 13 heteroatoms. The molecule has 5 heterocycles. The van der Waals surface area contributed by atoms with E-state index in [-0.39, 0.29) is 24.0 Å². The summed E-state index contributed by atoms with van der Waals surface area (Å²) < 4.78 is 23.5. The minimum absolute atomic E-state index is 0. The van der Waals surface area contributed by atoms with Crippen LogP contribution in [0.25, 0.3) is 0 Å². The summed E-state index contributed by atoms with van der Waals surface area (Å²) in [6.45, 7) is 5.62. The molecule has 3 aliphatic rings. The number of halogens is 2. The lowest BCUT2D eigenvalue weighted by molar-refractivity contribution is -0.377. The van der Waals surface area contributed by atoms with Crippen molar-refractivity contribution in [3.05, 3.63) is 110 Å². The number of ether oxygens (including phenoxy) is 4. The molecule has 10 nitrogen and oxygen atoms in total. The second kappa shape index (κ2) is 17.5. The number of methoxy groups -OCH3 is 1. The van der Waals surface area contributed by atoms with Crippen molar-refractivity contribution < 1.29 is 39.0 Å². The first kappa shape index (κ1) is 37.5. The summed E-state index contributed by atoms with van der Waals surface area (Å²) in [6, 6.07) is 18.0. The molecule has 7 rings (SSSR count). The number of aromatic amines is 1. The van der Waals surface area contributed by atoms with Crippen LogP contribution in [0.4, 0.5) is 0 Å². The molecule has 2 bridgehead atoms. The maximum Gasteiger partial charge on any atom is 0.348 e. The van der Waals surface area contributed by atoms with Crippen LogP contribution < -0.4 is 19.8 Å². The number of rotatable bonds is 14. The Balaban J connectivity index is 0.00000486. The number of fused-ring (bicyclic) bond motifs is 3. The molecule has 3 aliphatic heterocycles. The molecule has 2 unspecified atom stereocenters. The quantitative estimate of drug-likeness (QED) is 0.140. The van der Waals surface area contributed by atoms with E-state index in [1.807, 2.05) is 49.4 Å². The molecule has 50 heavy (non-hydrogen) atoms. The number of piperidine rings is 3. The van der Waals surface area contributed by atoms with Crippen molar-refractivity contribution in [1.82, 2.24) is 10.2 Å². The Bertz CT molecular complexity index is 1730. The monoisotopic (exact) mass is 741 g/mol. The summed E-state index contributed by atoms with van der Waals surface area (Å²) in [5.41, 5.74) is 2.17. The van der Waals surface area contributed by atoms with Crippen molar-refractivity contribution >= 4 is 46.5 Å². The number of pyridine rings is 1. The molecule has 0 amide bonds. The van der Waals surface area contributed by atoms with Crippen LogP contribution in [0, 0.1) is 5.92 Å². The first-order valence-electron chi connectivity index (χ1n) is 16.5. The highest BCUT2D eigenvalue weighted by atomic mass is 35.5. The van der Waals surface area contributed by atoms with Gasteiger partial charge in [0.05, 0.1) is 13.7 Å². The van der Waals surface area contributed by atoms with Crippen LogP contribution in [0.15, 0.2) is 73.1 Å². The van der Waals surface area contributed by atoms with Gasteiger partial charge in [0, 0.05) is 30.0 Å². The molecule has 4 aromatic rings. The lowest BCUT2D eigenvalue weighted by atomic mass is 9.86. The minimum Gasteiger partial charge on any atom is -0.870 e. The van der Waals surface area contributed by atoms with Crippen molar-refractivity contribution in [1.29, 1.82) is 0 Å². The van der Waals surface area contributed by atoms with Crippen LogP contribution in [-0.2, 0) is 27.2 Å². The average molecular weight is 743 g/mol. The van der Waals surface area contributed by atoms with E-state index in [9.17, 15) is 9.59 Å². The number of nitrogens with one attached hydrogen (secondary N) is 2. The largest absolute Gasteiger partial charge is 0.870 e. The zero-order valence-electron chi connectivity index (χ0n) is 27.9. The van der Waals surface area contributed by atoms with Crippen LogP contribution in [0.2, 0.25) is 10.0 Å². The predicted octanol–water partition coefficient (Wildman–Crippen LogP) is 6.71. The van der Waals surface area contributed by atoms with Crippen LogP contribution in [0.3, 0.4) is 0 Å². The number of benzene rings is 2. The third-order valence-corrected chi connectivity index (χ3v) is 10.8. The Morgan fingerprint density at radius 2 is 1.74 bits per heavy atom. The molecule has 2 aromatic carbocycles. The van der Waals surface area contributed by atoms with E-state index in [1.165, 1.54) is 11.3 Å². The summed E-state index contributed by atoms with van der Waals surface area (Å²) in [5, 5.41) is 4.25. The van der Waals surface area contributed by atoms with Gasteiger partial charge >= 0.3 is 11.9 Å². The highest BCUT2D eigenvalue weighted by molar-refractivity contribution is 7.13. The molecular weight excluding hydrogens is 701 g/mol. The second-order valence-corrected chi connectivity index (χ2v) is 14.2. The highest BCUT2D eigenvalue weighted by Crippen LogP contribution is 2.36. The first-order valence-corrected chi connectivity index (χ1v) is 18.1. The summed E-state index contributed by atoms with van der Waals surface area (Å²) in [4.78, 5) is 33.8. The maximum absolute atomic E-state index is 13.6. The van der Waals surface area contributed by atoms with Gasteiger partial charge in [0.1, 0.15) is 33.2 Å². The van der Waals surface area contributed by atoms with E-state index in [2.05, 4.69) is 15.2 Å². The van der Waals surface area contributed by atoms with Crippen molar-refractivity contribution in [3.63, 3.8) is 0 Å². The number of carbonyl (C=O) groups is 2. The Morgan fingerprint density at radius 1 is 1.00 bits per heavy atom. The lowest BCUT2D eigenvalue weighted by Gasteiger charge is -2.44. The number of hydrogen-bond acceptors (Lipinski definition) is 10. The third-order valence-electron chi connectivity index (χ3n) is 9.07. The van der Waals surface area contributed by atoms with Crippen LogP contribution in [0.1, 0.15) is 63.2 Å². The predicted molar refractivity (Wildman–Crippen MR) is 190 cm³/mol. The topological polar surface area (TPSA) is 130 Å². The van der Waals surface area contributed by atoms with Crippen molar-refractivity contribution in [3.8, 4) is 11.5 Å². The summed E-state index contributed by atoms with van der Waals surface area (Å²) in [7, 11) is 1.57.